The number of fused-ring (bicyclic) bond motifs is 1. The van der Waals surface area contributed by atoms with E-state index in [2.05, 4.69) is 16.1 Å². The summed E-state index contributed by atoms with van der Waals surface area (Å²) in [4.78, 5) is 15.9. The first-order valence-electron chi connectivity index (χ1n) is 7.84. The summed E-state index contributed by atoms with van der Waals surface area (Å²) in [6, 6.07) is 17.2. The van der Waals surface area contributed by atoms with Crippen LogP contribution >= 0.6 is 0 Å². The lowest BCUT2D eigenvalue weighted by atomic mass is 10.0. The van der Waals surface area contributed by atoms with Crippen LogP contribution in [0.4, 0.5) is 0 Å². The number of pyridine rings is 1. The van der Waals surface area contributed by atoms with E-state index >= 15 is 0 Å². The van der Waals surface area contributed by atoms with Gasteiger partial charge >= 0.3 is 5.97 Å². The van der Waals surface area contributed by atoms with E-state index in [-0.39, 0.29) is 5.97 Å². The average molecular weight is 329 g/mol. The molecule has 4 rings (SSSR count). The predicted octanol–water partition coefficient (Wildman–Crippen LogP) is 3.87. The van der Waals surface area contributed by atoms with Crippen molar-refractivity contribution in [3.63, 3.8) is 0 Å². The van der Waals surface area contributed by atoms with Crippen LogP contribution in [0.3, 0.4) is 0 Å². The zero-order chi connectivity index (χ0) is 17.2. The number of methoxy groups -OCH3 is 1. The number of nitrogens with zero attached hydrogens (tertiary/aromatic N) is 3. The van der Waals surface area contributed by atoms with Crippen LogP contribution < -0.4 is 0 Å². The molecule has 0 aliphatic heterocycles. The standard InChI is InChI=1S/C20H15N3O2/c1-25-20(24)14-6-8-16(9-7-14)23-13-15(12-22-23)17-10-11-21-19-5-3-2-4-18(17)19/h2-13H,1H3. The molecule has 122 valence electrons. The van der Waals surface area contributed by atoms with Crippen LogP contribution in [-0.2, 0) is 4.74 Å². The Hall–Kier alpha value is -3.47. The Balaban J connectivity index is 1.71. The van der Waals surface area contributed by atoms with Gasteiger partial charge in [-0.15, -0.1) is 0 Å². The fraction of sp³-hybridized carbons (Fsp3) is 0.0500. The summed E-state index contributed by atoms with van der Waals surface area (Å²) < 4.78 is 6.50. The molecule has 5 nitrogen and oxygen atoms in total. The summed E-state index contributed by atoms with van der Waals surface area (Å²) in [5, 5.41) is 5.53. The van der Waals surface area contributed by atoms with Gasteiger partial charge in [0, 0.05) is 23.3 Å². The van der Waals surface area contributed by atoms with Crippen molar-refractivity contribution >= 4 is 16.9 Å². The van der Waals surface area contributed by atoms with Gasteiger partial charge in [-0.3, -0.25) is 4.98 Å². The first-order chi connectivity index (χ1) is 12.3. The quantitative estimate of drug-likeness (QED) is 0.535. The molecule has 0 unspecified atom stereocenters. The molecule has 0 amide bonds. The van der Waals surface area contributed by atoms with Crippen molar-refractivity contribution in [1.82, 2.24) is 14.8 Å². The highest BCUT2D eigenvalue weighted by atomic mass is 16.5. The van der Waals surface area contributed by atoms with Crippen molar-refractivity contribution in [1.29, 1.82) is 0 Å². The van der Waals surface area contributed by atoms with Crippen LogP contribution in [0.1, 0.15) is 10.4 Å². The van der Waals surface area contributed by atoms with Gasteiger partial charge in [0.05, 0.1) is 30.1 Å². The van der Waals surface area contributed by atoms with E-state index in [0.717, 1.165) is 27.7 Å². The molecule has 0 saturated heterocycles. The number of hydrogen-bond donors (Lipinski definition) is 0. The minimum atomic E-state index is -0.351. The Labute approximate surface area is 144 Å². The van der Waals surface area contributed by atoms with Gasteiger partial charge in [-0.1, -0.05) is 18.2 Å². The van der Waals surface area contributed by atoms with Gasteiger partial charge in [0.1, 0.15) is 0 Å². The number of carbonyl (C=O) groups excluding carboxylic acids is 1. The molecular weight excluding hydrogens is 314 g/mol. The number of para-hydroxylation sites is 1. The van der Waals surface area contributed by atoms with Crippen LogP contribution in [0.25, 0.3) is 27.7 Å². The first-order valence-corrected chi connectivity index (χ1v) is 7.84. The van der Waals surface area contributed by atoms with Gasteiger partial charge in [0.25, 0.3) is 0 Å². The van der Waals surface area contributed by atoms with Gasteiger partial charge in [-0.25, -0.2) is 9.48 Å². The third kappa shape index (κ3) is 2.76. The summed E-state index contributed by atoms with van der Waals surface area (Å²) in [5.41, 5.74) is 4.44. The molecule has 0 spiro atoms. The predicted molar refractivity (Wildman–Crippen MR) is 95.6 cm³/mol. The van der Waals surface area contributed by atoms with Crippen LogP contribution in [0.2, 0.25) is 0 Å². The van der Waals surface area contributed by atoms with Crippen molar-refractivity contribution in [3.05, 3.63) is 78.8 Å². The average Bonchev–Trinajstić information content (AvgIpc) is 3.17. The number of esters is 1. The molecular formula is C20H15N3O2. The highest BCUT2D eigenvalue weighted by molar-refractivity contribution is 5.94. The van der Waals surface area contributed by atoms with E-state index < -0.39 is 0 Å². The molecule has 0 atom stereocenters. The highest BCUT2D eigenvalue weighted by Crippen LogP contribution is 2.27. The second kappa shape index (κ2) is 6.20. The van der Waals surface area contributed by atoms with E-state index in [1.54, 1.807) is 23.0 Å². The van der Waals surface area contributed by atoms with E-state index in [1.807, 2.05) is 48.8 Å². The summed E-state index contributed by atoms with van der Waals surface area (Å²) in [6.07, 6.45) is 5.60. The van der Waals surface area contributed by atoms with Crippen LogP contribution in [0.15, 0.2) is 73.2 Å². The summed E-state index contributed by atoms with van der Waals surface area (Å²) in [7, 11) is 1.37. The maximum Gasteiger partial charge on any atom is 0.337 e. The lowest BCUT2D eigenvalue weighted by molar-refractivity contribution is 0.0600. The van der Waals surface area contributed by atoms with Crippen LogP contribution in [0.5, 0.6) is 0 Å². The smallest absolute Gasteiger partial charge is 0.337 e. The Kier molecular flexibility index (Phi) is 3.74. The fourth-order valence-electron chi connectivity index (χ4n) is 2.82. The second-order valence-corrected chi connectivity index (χ2v) is 5.59. The van der Waals surface area contributed by atoms with Crippen molar-refractivity contribution in [2.45, 2.75) is 0 Å². The highest BCUT2D eigenvalue weighted by Gasteiger charge is 2.09. The largest absolute Gasteiger partial charge is 0.465 e. The van der Waals surface area contributed by atoms with Gasteiger partial charge in [0.15, 0.2) is 0 Å². The van der Waals surface area contributed by atoms with E-state index in [9.17, 15) is 4.79 Å². The molecule has 4 aromatic rings. The van der Waals surface area contributed by atoms with Crippen LogP contribution in [-0.4, -0.2) is 27.8 Å². The molecule has 0 aliphatic carbocycles. The molecule has 2 heterocycles. The van der Waals surface area contributed by atoms with Gasteiger partial charge in [-0.2, -0.15) is 5.10 Å². The SMILES string of the molecule is COC(=O)c1ccc(-n2cc(-c3ccnc4ccccc34)cn2)cc1. The minimum Gasteiger partial charge on any atom is -0.465 e. The van der Waals surface area contributed by atoms with Crippen molar-refractivity contribution in [3.8, 4) is 16.8 Å². The Morgan fingerprint density at radius 1 is 1.04 bits per heavy atom. The summed E-state index contributed by atoms with van der Waals surface area (Å²) in [5.74, 6) is -0.351. The van der Waals surface area contributed by atoms with Crippen molar-refractivity contribution < 1.29 is 9.53 Å². The Bertz CT molecular complexity index is 1050. The Morgan fingerprint density at radius 2 is 1.84 bits per heavy atom. The molecule has 25 heavy (non-hydrogen) atoms. The zero-order valence-electron chi connectivity index (χ0n) is 13.6. The number of aromatic nitrogens is 3. The number of benzene rings is 2. The normalized spacial score (nSPS) is 10.8. The van der Waals surface area contributed by atoms with Crippen molar-refractivity contribution in [2.24, 2.45) is 0 Å². The zero-order valence-corrected chi connectivity index (χ0v) is 13.6. The number of rotatable bonds is 3. The lowest BCUT2D eigenvalue weighted by Crippen LogP contribution is -2.01. The Morgan fingerprint density at radius 3 is 2.64 bits per heavy atom. The van der Waals surface area contributed by atoms with Crippen molar-refractivity contribution in [2.75, 3.05) is 7.11 Å². The molecule has 0 radical (unpaired) electrons. The topological polar surface area (TPSA) is 57.0 Å². The minimum absolute atomic E-state index is 0.351. The fourth-order valence-corrected chi connectivity index (χ4v) is 2.82. The summed E-state index contributed by atoms with van der Waals surface area (Å²) in [6.45, 7) is 0. The third-order valence-electron chi connectivity index (χ3n) is 4.10. The van der Waals surface area contributed by atoms with Gasteiger partial charge in [-0.05, 0) is 42.0 Å². The molecule has 5 heteroatoms. The van der Waals surface area contributed by atoms with E-state index in [4.69, 9.17) is 4.74 Å². The van der Waals surface area contributed by atoms with E-state index in [0.29, 0.717) is 5.56 Å². The molecule has 0 N–H and O–H groups in total. The monoisotopic (exact) mass is 329 g/mol. The lowest BCUT2D eigenvalue weighted by Gasteiger charge is -2.04. The van der Waals surface area contributed by atoms with Crippen LogP contribution in [0, 0.1) is 0 Å². The molecule has 0 fully saturated rings. The molecule has 0 saturated carbocycles. The molecule has 2 aromatic carbocycles. The third-order valence-corrected chi connectivity index (χ3v) is 4.10. The molecule has 2 aromatic heterocycles. The van der Waals surface area contributed by atoms with Gasteiger partial charge < -0.3 is 4.74 Å². The maximum absolute atomic E-state index is 11.5. The first kappa shape index (κ1) is 15.1. The number of carbonyl (C=O) groups is 1. The second-order valence-electron chi connectivity index (χ2n) is 5.59. The molecule has 0 aliphatic rings. The maximum atomic E-state index is 11.5. The number of ether oxygens (including phenoxy) is 1. The molecule has 0 bridgehead atoms. The number of hydrogen-bond acceptors (Lipinski definition) is 4. The van der Waals surface area contributed by atoms with E-state index in [1.165, 1.54) is 7.11 Å². The summed E-state index contributed by atoms with van der Waals surface area (Å²) >= 11 is 0. The van der Waals surface area contributed by atoms with Gasteiger partial charge in [0.2, 0.25) is 0 Å².